The average Bonchev–Trinajstić information content (AvgIpc) is 3.06. The van der Waals surface area contributed by atoms with Crippen LogP contribution in [0.3, 0.4) is 0 Å². The summed E-state index contributed by atoms with van der Waals surface area (Å²) < 4.78 is 11.6. The first kappa shape index (κ1) is 34.0. The van der Waals surface area contributed by atoms with Gasteiger partial charge >= 0.3 is 11.9 Å². The second kappa shape index (κ2) is 20.4. The van der Waals surface area contributed by atoms with E-state index in [9.17, 15) is 14.7 Å². The molecule has 0 bridgehead atoms. The number of hydrogen-bond acceptors (Lipinski definition) is 6. The van der Waals surface area contributed by atoms with E-state index in [0.717, 1.165) is 19.3 Å². The molecule has 0 radical (unpaired) electrons. The summed E-state index contributed by atoms with van der Waals surface area (Å²) in [5.74, 6) is -1.07. The van der Waals surface area contributed by atoms with Gasteiger partial charge < -0.3 is 20.3 Å². The van der Waals surface area contributed by atoms with Crippen molar-refractivity contribution in [3.63, 3.8) is 0 Å². The van der Waals surface area contributed by atoms with Gasteiger partial charge in [-0.15, -0.1) is 0 Å². The van der Waals surface area contributed by atoms with Crippen LogP contribution in [0.25, 0.3) is 0 Å². The van der Waals surface area contributed by atoms with E-state index in [4.69, 9.17) is 15.2 Å². The van der Waals surface area contributed by atoms with Gasteiger partial charge in [-0.1, -0.05) is 125 Å². The van der Waals surface area contributed by atoms with E-state index in [2.05, 4.69) is 30.3 Å². The molecule has 3 aromatic carbocycles. The number of carbonyl (C=O) groups is 2. The number of aliphatic hydroxyl groups is 1. The molecule has 0 fully saturated rings. The number of benzene rings is 3. The van der Waals surface area contributed by atoms with Crippen LogP contribution in [0.1, 0.15) is 103 Å². The van der Waals surface area contributed by atoms with E-state index in [1.54, 1.807) is 48.5 Å². The second-order valence-corrected chi connectivity index (χ2v) is 11.3. The lowest BCUT2D eigenvalue weighted by Crippen LogP contribution is -2.49. The molecule has 3 N–H and O–H groups in total. The number of nitrogens with two attached hydrogens (primary N) is 1. The second-order valence-electron chi connectivity index (χ2n) is 11.3. The molecular formula is C37H49NO5. The molecule has 3 rings (SSSR count). The number of hydrogen-bond donors (Lipinski definition) is 2. The zero-order valence-electron chi connectivity index (χ0n) is 25.4. The highest BCUT2D eigenvalue weighted by Crippen LogP contribution is 2.21. The topological polar surface area (TPSA) is 98.9 Å². The number of ether oxygens (including phenoxy) is 2. The fraction of sp³-hybridized carbons (Fsp3) is 0.459. The fourth-order valence-electron chi connectivity index (χ4n) is 5.29. The van der Waals surface area contributed by atoms with Crippen LogP contribution in [0.15, 0.2) is 91.0 Å². The Bertz CT molecular complexity index is 1160. The van der Waals surface area contributed by atoms with Crippen molar-refractivity contribution < 1.29 is 24.2 Å². The number of carbonyl (C=O) groups excluding carboxylic acids is 2. The third-order valence-electron chi connectivity index (χ3n) is 7.82. The summed E-state index contributed by atoms with van der Waals surface area (Å²) >= 11 is 0. The smallest absolute Gasteiger partial charge is 0.338 e. The van der Waals surface area contributed by atoms with Crippen molar-refractivity contribution in [2.75, 3.05) is 6.61 Å². The van der Waals surface area contributed by atoms with Crippen LogP contribution in [0.5, 0.6) is 0 Å². The number of esters is 2. The Morgan fingerprint density at radius 2 is 1.00 bits per heavy atom. The summed E-state index contributed by atoms with van der Waals surface area (Å²) in [6.07, 6.45) is 12.9. The van der Waals surface area contributed by atoms with Crippen LogP contribution in [0.4, 0.5) is 0 Å². The van der Waals surface area contributed by atoms with Gasteiger partial charge in [0.1, 0.15) is 6.10 Å². The van der Waals surface area contributed by atoms with Crippen LogP contribution in [0.2, 0.25) is 0 Å². The average molecular weight is 588 g/mol. The molecule has 0 spiro atoms. The lowest BCUT2D eigenvalue weighted by atomic mass is 9.99. The molecule has 0 heterocycles. The molecule has 43 heavy (non-hydrogen) atoms. The van der Waals surface area contributed by atoms with Crippen molar-refractivity contribution in [2.45, 2.75) is 102 Å². The number of aryl methyl sites for hydroxylation is 1. The summed E-state index contributed by atoms with van der Waals surface area (Å²) in [6.45, 7) is -0.404. The normalized spacial score (nSPS) is 13.2. The van der Waals surface area contributed by atoms with Crippen LogP contribution in [-0.4, -0.2) is 41.9 Å². The Balaban J connectivity index is 1.40. The van der Waals surface area contributed by atoms with Crippen LogP contribution in [-0.2, 0) is 15.9 Å². The molecule has 3 aromatic rings. The lowest BCUT2D eigenvalue weighted by molar-refractivity contribution is -0.0525. The maximum absolute atomic E-state index is 12.9. The van der Waals surface area contributed by atoms with E-state index in [1.807, 2.05) is 12.1 Å². The van der Waals surface area contributed by atoms with Gasteiger partial charge in [-0.2, -0.15) is 0 Å². The minimum atomic E-state index is -0.974. The van der Waals surface area contributed by atoms with Crippen LogP contribution < -0.4 is 5.73 Å². The Labute approximate surface area is 257 Å². The van der Waals surface area contributed by atoms with E-state index >= 15 is 0 Å². The minimum absolute atomic E-state index is 0.373. The van der Waals surface area contributed by atoms with Gasteiger partial charge in [-0.3, -0.25) is 0 Å². The summed E-state index contributed by atoms with van der Waals surface area (Å²) in [7, 11) is 0. The van der Waals surface area contributed by atoms with Gasteiger partial charge in [-0.25, -0.2) is 9.59 Å². The van der Waals surface area contributed by atoms with Crippen molar-refractivity contribution in [2.24, 2.45) is 5.73 Å². The van der Waals surface area contributed by atoms with Crippen molar-refractivity contribution in [3.8, 4) is 0 Å². The number of unbranched alkanes of at least 4 members (excludes halogenated alkanes) is 10. The third kappa shape index (κ3) is 13.1. The maximum atomic E-state index is 12.9. The molecule has 232 valence electrons. The molecule has 6 nitrogen and oxygen atoms in total. The number of rotatable bonds is 21. The fourth-order valence-corrected chi connectivity index (χ4v) is 5.29. The molecule has 0 aliphatic heterocycles. The summed E-state index contributed by atoms with van der Waals surface area (Å²) in [5, 5.41) is 9.85. The van der Waals surface area contributed by atoms with Gasteiger partial charge in [0.25, 0.3) is 0 Å². The first-order valence-corrected chi connectivity index (χ1v) is 16.0. The van der Waals surface area contributed by atoms with Gasteiger partial charge in [0, 0.05) is 0 Å². The zero-order valence-corrected chi connectivity index (χ0v) is 25.4. The SMILES string of the molecule is N[C@@H](CO)[C@H](OC(=O)c1ccccc1)[C@@H](CCCCCCCCCCCCCc1ccccc1)OC(=O)c1ccccc1. The van der Waals surface area contributed by atoms with Gasteiger partial charge in [0.15, 0.2) is 6.10 Å². The predicted molar refractivity (Wildman–Crippen MR) is 172 cm³/mol. The molecule has 0 saturated carbocycles. The minimum Gasteiger partial charge on any atom is -0.455 e. The Kier molecular flexibility index (Phi) is 16.2. The first-order chi connectivity index (χ1) is 21.1. The zero-order chi connectivity index (χ0) is 30.5. The third-order valence-corrected chi connectivity index (χ3v) is 7.82. The molecule has 3 atom stereocenters. The Morgan fingerprint density at radius 3 is 1.49 bits per heavy atom. The molecule has 0 amide bonds. The molecule has 0 unspecified atom stereocenters. The van der Waals surface area contributed by atoms with Crippen LogP contribution in [0, 0.1) is 0 Å². The van der Waals surface area contributed by atoms with E-state index < -0.39 is 36.8 Å². The van der Waals surface area contributed by atoms with Gasteiger partial charge in [0.2, 0.25) is 0 Å². The highest BCUT2D eigenvalue weighted by Gasteiger charge is 2.34. The maximum Gasteiger partial charge on any atom is 0.338 e. The largest absolute Gasteiger partial charge is 0.455 e. The van der Waals surface area contributed by atoms with E-state index in [0.29, 0.717) is 17.5 Å². The molecule has 6 heteroatoms. The van der Waals surface area contributed by atoms with Gasteiger partial charge in [0.05, 0.1) is 23.8 Å². The van der Waals surface area contributed by atoms with E-state index in [1.165, 1.54) is 63.4 Å². The monoisotopic (exact) mass is 587 g/mol. The molecule has 0 aliphatic rings. The first-order valence-electron chi connectivity index (χ1n) is 16.0. The highest BCUT2D eigenvalue weighted by atomic mass is 16.6. The van der Waals surface area contributed by atoms with Crippen molar-refractivity contribution in [1.82, 2.24) is 0 Å². The highest BCUT2D eigenvalue weighted by molar-refractivity contribution is 5.90. The van der Waals surface area contributed by atoms with E-state index in [-0.39, 0.29) is 0 Å². The Hall–Kier alpha value is -3.48. The number of aliphatic hydroxyl groups excluding tert-OH is 1. The Morgan fingerprint density at radius 1 is 0.581 bits per heavy atom. The molecule has 0 saturated heterocycles. The molecular weight excluding hydrogens is 538 g/mol. The van der Waals surface area contributed by atoms with Crippen LogP contribution >= 0.6 is 0 Å². The van der Waals surface area contributed by atoms with Crippen molar-refractivity contribution in [1.29, 1.82) is 0 Å². The summed E-state index contributed by atoms with van der Waals surface area (Å²) in [6, 6.07) is 27.2. The standard InChI is InChI=1S/C37H49NO5/c38-33(29-39)35(43-37(41)32-26-18-12-19-27-32)34(42-36(40)31-24-16-11-17-25-31)28-20-9-7-5-3-1-2-4-6-8-13-21-30-22-14-10-15-23-30/h10-12,14-19,22-27,33-35,39H,1-9,13,20-21,28-29,38H2/t33-,34+,35-/m0/s1. The summed E-state index contributed by atoms with van der Waals surface area (Å²) in [5.41, 5.74) is 8.42. The molecule has 0 aromatic heterocycles. The predicted octanol–water partition coefficient (Wildman–Crippen LogP) is 7.68. The van der Waals surface area contributed by atoms with Gasteiger partial charge in [-0.05, 0) is 55.5 Å². The quantitative estimate of drug-likeness (QED) is 0.0980. The summed E-state index contributed by atoms with van der Waals surface area (Å²) in [4.78, 5) is 25.8. The molecule has 0 aliphatic carbocycles. The van der Waals surface area contributed by atoms with Crippen molar-refractivity contribution in [3.05, 3.63) is 108 Å². The lowest BCUT2D eigenvalue weighted by Gasteiger charge is -2.30. The van der Waals surface area contributed by atoms with Crippen molar-refractivity contribution >= 4 is 11.9 Å².